The maximum atomic E-state index is 13.3. The molecule has 1 N–H and O–H groups in total. The van der Waals surface area contributed by atoms with Crippen LogP contribution in [-0.2, 0) is 10.0 Å². The monoisotopic (exact) mass is 426 g/mol. The van der Waals surface area contributed by atoms with E-state index < -0.39 is 10.0 Å². The molecule has 150 valence electrons. The van der Waals surface area contributed by atoms with Crippen molar-refractivity contribution in [2.45, 2.75) is 22.6 Å². The number of rotatable bonds is 5. The largest absolute Gasteiger partial charge is 0.350 e. The maximum Gasteiger partial charge on any atom is 0.251 e. The van der Waals surface area contributed by atoms with E-state index in [4.69, 9.17) is 0 Å². The fraction of sp³-hybridized carbons (Fsp3) is 0.227. The van der Waals surface area contributed by atoms with Crippen molar-refractivity contribution in [1.82, 2.24) is 9.62 Å². The van der Waals surface area contributed by atoms with Gasteiger partial charge < -0.3 is 5.32 Å². The lowest BCUT2D eigenvalue weighted by atomic mass is 10.1. The smallest absolute Gasteiger partial charge is 0.251 e. The van der Waals surface area contributed by atoms with E-state index in [1.54, 1.807) is 36.4 Å². The maximum absolute atomic E-state index is 13.3. The van der Waals surface area contributed by atoms with Crippen LogP contribution in [0.25, 0.3) is 10.8 Å². The predicted octanol–water partition coefficient (Wildman–Crippen LogP) is 3.33. The van der Waals surface area contributed by atoms with E-state index in [2.05, 4.69) is 17.9 Å². The highest BCUT2D eigenvalue weighted by Crippen LogP contribution is 2.30. The quantitative estimate of drug-likeness (QED) is 0.615. The van der Waals surface area contributed by atoms with Crippen molar-refractivity contribution in [1.29, 1.82) is 0 Å². The average molecular weight is 427 g/mol. The van der Waals surface area contributed by atoms with Crippen LogP contribution in [0.5, 0.6) is 0 Å². The van der Waals surface area contributed by atoms with Crippen LogP contribution in [0.15, 0.2) is 77.7 Å². The van der Waals surface area contributed by atoms with E-state index in [0.29, 0.717) is 18.5 Å². The van der Waals surface area contributed by atoms with Crippen molar-refractivity contribution in [2.24, 2.45) is 0 Å². The zero-order valence-corrected chi connectivity index (χ0v) is 17.4. The summed E-state index contributed by atoms with van der Waals surface area (Å²) in [6, 6.07) is 21.4. The van der Waals surface area contributed by atoms with E-state index in [0.717, 1.165) is 10.8 Å². The number of benzene rings is 3. The van der Waals surface area contributed by atoms with Gasteiger partial charge in [0.05, 0.1) is 4.90 Å². The number of hydrogen-bond donors (Lipinski definition) is 2. The summed E-state index contributed by atoms with van der Waals surface area (Å²) < 4.78 is 28.1. The van der Waals surface area contributed by atoms with Crippen molar-refractivity contribution in [3.63, 3.8) is 0 Å². The first-order valence-corrected chi connectivity index (χ1v) is 11.4. The standard InChI is InChI=1S/C22H22N2O3S2/c25-22(17-7-2-1-3-8-17)23-14-19-13-20(28)15-24(19)29(26,27)21-11-10-16-6-4-5-9-18(16)12-21/h1-12,19-20,28H,13-15H2,(H,23,25). The number of fused-ring (bicyclic) bond motifs is 1. The van der Waals surface area contributed by atoms with E-state index in [1.165, 1.54) is 4.31 Å². The van der Waals surface area contributed by atoms with Gasteiger partial charge in [0.2, 0.25) is 10.0 Å². The summed E-state index contributed by atoms with van der Waals surface area (Å²) in [5.74, 6) is -0.212. The highest BCUT2D eigenvalue weighted by Gasteiger charge is 2.39. The van der Waals surface area contributed by atoms with Crippen molar-refractivity contribution in [3.8, 4) is 0 Å². The molecule has 1 aliphatic heterocycles. The molecule has 1 saturated heterocycles. The fourth-order valence-corrected chi connectivity index (χ4v) is 5.95. The van der Waals surface area contributed by atoms with Crippen molar-refractivity contribution >= 4 is 39.3 Å². The normalized spacial score (nSPS) is 20.0. The lowest BCUT2D eigenvalue weighted by Gasteiger charge is -2.24. The third-order valence-corrected chi connectivity index (χ3v) is 7.49. The van der Waals surface area contributed by atoms with Crippen LogP contribution < -0.4 is 5.32 Å². The molecule has 1 amide bonds. The Bertz CT molecular complexity index is 1130. The Morgan fingerprint density at radius 1 is 1.00 bits per heavy atom. The average Bonchev–Trinajstić information content (AvgIpc) is 3.13. The number of thiol groups is 1. The number of nitrogens with zero attached hydrogens (tertiary/aromatic N) is 1. The van der Waals surface area contributed by atoms with Gasteiger partial charge in [-0.05, 0) is 41.5 Å². The summed E-state index contributed by atoms with van der Waals surface area (Å²) in [7, 11) is -3.69. The van der Waals surface area contributed by atoms with E-state index in [9.17, 15) is 13.2 Å². The predicted molar refractivity (Wildman–Crippen MR) is 118 cm³/mol. The first kappa shape index (κ1) is 19.9. The van der Waals surface area contributed by atoms with Crippen LogP contribution in [0.4, 0.5) is 0 Å². The third-order valence-electron chi connectivity index (χ3n) is 5.20. The minimum Gasteiger partial charge on any atom is -0.350 e. The zero-order chi connectivity index (χ0) is 20.4. The van der Waals surface area contributed by atoms with Gasteiger partial charge in [0, 0.05) is 29.9 Å². The lowest BCUT2D eigenvalue weighted by Crippen LogP contribution is -2.43. The minimum absolute atomic E-state index is 0.0659. The molecular formula is C22H22N2O3S2. The molecular weight excluding hydrogens is 404 g/mol. The molecule has 1 heterocycles. The second-order valence-corrected chi connectivity index (χ2v) is 9.82. The van der Waals surface area contributed by atoms with Crippen molar-refractivity contribution in [2.75, 3.05) is 13.1 Å². The van der Waals surface area contributed by atoms with Crippen LogP contribution >= 0.6 is 12.6 Å². The first-order chi connectivity index (χ1) is 13.9. The number of amides is 1. The SMILES string of the molecule is O=C(NCC1CC(S)CN1S(=O)(=O)c1ccc2ccccc2c1)c1ccccc1. The molecule has 7 heteroatoms. The summed E-state index contributed by atoms with van der Waals surface area (Å²) in [4.78, 5) is 12.6. The third kappa shape index (κ3) is 4.17. The molecule has 1 fully saturated rings. The van der Waals surface area contributed by atoms with Gasteiger partial charge in [-0.15, -0.1) is 0 Å². The fourth-order valence-electron chi connectivity index (χ4n) is 3.71. The van der Waals surface area contributed by atoms with Gasteiger partial charge in [-0.3, -0.25) is 4.79 Å². The minimum atomic E-state index is -3.69. The second-order valence-electron chi connectivity index (χ2n) is 7.20. The van der Waals surface area contributed by atoms with E-state index >= 15 is 0 Å². The summed E-state index contributed by atoms with van der Waals surface area (Å²) in [6.45, 7) is 0.571. The summed E-state index contributed by atoms with van der Waals surface area (Å²) in [5.41, 5.74) is 0.553. The van der Waals surface area contributed by atoms with Gasteiger partial charge in [-0.1, -0.05) is 48.5 Å². The van der Waals surface area contributed by atoms with E-state index in [-0.39, 0.29) is 28.6 Å². The number of carbonyl (C=O) groups excluding carboxylic acids is 1. The van der Waals surface area contributed by atoms with E-state index in [1.807, 2.05) is 36.4 Å². The van der Waals surface area contributed by atoms with Gasteiger partial charge in [0.1, 0.15) is 0 Å². The lowest BCUT2D eigenvalue weighted by molar-refractivity contribution is 0.0946. The summed E-state index contributed by atoms with van der Waals surface area (Å²) in [5, 5.41) is 4.67. The molecule has 29 heavy (non-hydrogen) atoms. The topological polar surface area (TPSA) is 66.5 Å². The van der Waals surface area contributed by atoms with Crippen LogP contribution in [0, 0.1) is 0 Å². The Kier molecular flexibility index (Phi) is 5.63. The molecule has 0 radical (unpaired) electrons. The van der Waals surface area contributed by atoms with Crippen LogP contribution in [-0.4, -0.2) is 43.0 Å². The highest BCUT2D eigenvalue weighted by molar-refractivity contribution is 7.89. The second kappa shape index (κ2) is 8.18. The number of nitrogens with one attached hydrogen (secondary N) is 1. The van der Waals surface area contributed by atoms with Crippen LogP contribution in [0.1, 0.15) is 16.8 Å². The van der Waals surface area contributed by atoms with Crippen LogP contribution in [0.3, 0.4) is 0 Å². The summed E-state index contributed by atoms with van der Waals surface area (Å²) in [6.07, 6.45) is 0.588. The van der Waals surface area contributed by atoms with Gasteiger partial charge in [-0.25, -0.2) is 8.42 Å². The molecule has 0 spiro atoms. The molecule has 4 rings (SSSR count). The molecule has 2 atom stereocenters. The number of hydrogen-bond acceptors (Lipinski definition) is 4. The number of carbonyl (C=O) groups is 1. The molecule has 0 saturated carbocycles. The molecule has 1 aliphatic rings. The molecule has 0 aromatic heterocycles. The molecule has 0 bridgehead atoms. The highest BCUT2D eigenvalue weighted by atomic mass is 32.2. The van der Waals surface area contributed by atoms with Crippen molar-refractivity contribution < 1.29 is 13.2 Å². The van der Waals surface area contributed by atoms with Gasteiger partial charge in [0.25, 0.3) is 5.91 Å². The van der Waals surface area contributed by atoms with Gasteiger partial charge >= 0.3 is 0 Å². The molecule has 2 unspecified atom stereocenters. The van der Waals surface area contributed by atoms with Gasteiger partial charge in [0.15, 0.2) is 0 Å². The van der Waals surface area contributed by atoms with Crippen molar-refractivity contribution in [3.05, 3.63) is 78.4 Å². The molecule has 0 aliphatic carbocycles. The Morgan fingerprint density at radius 2 is 1.69 bits per heavy atom. The molecule has 5 nitrogen and oxygen atoms in total. The van der Waals surface area contributed by atoms with Gasteiger partial charge in [-0.2, -0.15) is 16.9 Å². The summed E-state index contributed by atoms with van der Waals surface area (Å²) >= 11 is 4.51. The Balaban J connectivity index is 1.55. The Hall–Kier alpha value is -2.35. The first-order valence-electron chi connectivity index (χ1n) is 9.47. The number of sulfonamides is 1. The Morgan fingerprint density at radius 3 is 2.45 bits per heavy atom. The molecule has 3 aromatic carbocycles. The molecule has 3 aromatic rings. The zero-order valence-electron chi connectivity index (χ0n) is 15.7. The Labute approximate surface area is 176 Å². The van der Waals surface area contributed by atoms with Crippen LogP contribution in [0.2, 0.25) is 0 Å².